The lowest BCUT2D eigenvalue weighted by Gasteiger charge is -2.17. The maximum Gasteiger partial charge on any atom is 0.123 e. The molecule has 1 unspecified atom stereocenters. The molecule has 3 heteroatoms. The zero-order valence-electron chi connectivity index (χ0n) is 13.4. The van der Waals surface area contributed by atoms with Gasteiger partial charge in [0.2, 0.25) is 0 Å². The number of nitrogen functional groups attached to an aromatic ring is 1. The molecule has 0 saturated heterocycles. The smallest absolute Gasteiger partial charge is 0.123 e. The third-order valence-electron chi connectivity index (χ3n) is 3.20. The summed E-state index contributed by atoms with van der Waals surface area (Å²) in [5.41, 5.74) is 7.72. The van der Waals surface area contributed by atoms with Crippen molar-refractivity contribution >= 4 is 11.4 Å². The van der Waals surface area contributed by atoms with Gasteiger partial charge in [0.1, 0.15) is 5.75 Å². The first-order chi connectivity index (χ1) is 9.51. The second-order valence-corrected chi connectivity index (χ2v) is 5.85. The third kappa shape index (κ3) is 6.69. The maximum absolute atomic E-state index is 5.93. The Kier molecular flexibility index (Phi) is 7.27. The Hall–Kier alpha value is -1.38. The maximum atomic E-state index is 5.93. The molecule has 0 aliphatic heterocycles. The van der Waals surface area contributed by atoms with Crippen LogP contribution in [0, 0.1) is 0 Å². The number of benzene rings is 1. The van der Waals surface area contributed by atoms with Crippen LogP contribution in [0.15, 0.2) is 18.2 Å². The molecule has 1 aromatic rings. The molecule has 0 aliphatic rings. The molecule has 20 heavy (non-hydrogen) atoms. The van der Waals surface area contributed by atoms with Gasteiger partial charge in [0.25, 0.3) is 0 Å². The van der Waals surface area contributed by atoms with Crippen LogP contribution in [0.5, 0.6) is 5.75 Å². The van der Waals surface area contributed by atoms with Crippen LogP contribution in [-0.4, -0.2) is 12.1 Å². The lowest BCUT2D eigenvalue weighted by molar-refractivity contribution is 0.242. The lowest BCUT2D eigenvalue weighted by atomic mass is 10.1. The monoisotopic (exact) mass is 278 g/mol. The van der Waals surface area contributed by atoms with Gasteiger partial charge in [-0.1, -0.05) is 32.6 Å². The molecule has 0 radical (unpaired) electrons. The first-order valence-electron chi connectivity index (χ1n) is 7.85. The van der Waals surface area contributed by atoms with Crippen LogP contribution in [0.2, 0.25) is 0 Å². The van der Waals surface area contributed by atoms with Crippen molar-refractivity contribution in [2.75, 3.05) is 11.1 Å². The minimum atomic E-state index is 0.163. The Morgan fingerprint density at radius 2 is 1.85 bits per heavy atom. The van der Waals surface area contributed by atoms with Crippen LogP contribution < -0.4 is 15.8 Å². The number of anilines is 2. The average molecular weight is 278 g/mol. The van der Waals surface area contributed by atoms with Gasteiger partial charge in [0.05, 0.1) is 6.10 Å². The van der Waals surface area contributed by atoms with Crippen molar-refractivity contribution in [3.8, 4) is 5.75 Å². The summed E-state index contributed by atoms with van der Waals surface area (Å²) in [7, 11) is 0. The number of ether oxygens (including phenoxy) is 1. The highest BCUT2D eigenvalue weighted by Crippen LogP contribution is 2.24. The molecule has 0 spiro atoms. The Morgan fingerprint density at radius 1 is 1.10 bits per heavy atom. The van der Waals surface area contributed by atoms with Crippen LogP contribution in [0.25, 0.3) is 0 Å². The largest absolute Gasteiger partial charge is 0.491 e. The van der Waals surface area contributed by atoms with Crippen molar-refractivity contribution < 1.29 is 4.74 Å². The van der Waals surface area contributed by atoms with Crippen molar-refractivity contribution in [2.24, 2.45) is 0 Å². The molecule has 0 aliphatic carbocycles. The van der Waals surface area contributed by atoms with E-state index in [-0.39, 0.29) is 6.10 Å². The first kappa shape index (κ1) is 16.7. The molecule has 0 amide bonds. The Balaban J connectivity index is 2.51. The van der Waals surface area contributed by atoms with Gasteiger partial charge in [0, 0.05) is 29.5 Å². The summed E-state index contributed by atoms with van der Waals surface area (Å²) in [5.74, 6) is 0.834. The highest BCUT2D eigenvalue weighted by Gasteiger charge is 2.06. The molecule has 0 heterocycles. The van der Waals surface area contributed by atoms with Gasteiger partial charge in [-0.05, 0) is 33.3 Å². The molecule has 3 N–H and O–H groups in total. The topological polar surface area (TPSA) is 47.3 Å². The van der Waals surface area contributed by atoms with Gasteiger partial charge in [-0.25, -0.2) is 0 Å². The summed E-state index contributed by atoms with van der Waals surface area (Å²) >= 11 is 0. The molecule has 3 nitrogen and oxygen atoms in total. The molecule has 1 aromatic carbocycles. The lowest BCUT2D eigenvalue weighted by Crippen LogP contribution is -2.15. The zero-order valence-corrected chi connectivity index (χ0v) is 13.4. The normalized spacial score (nSPS) is 12.4. The van der Waals surface area contributed by atoms with Crippen molar-refractivity contribution in [1.82, 2.24) is 0 Å². The average Bonchev–Trinajstić information content (AvgIpc) is 2.33. The van der Waals surface area contributed by atoms with E-state index >= 15 is 0 Å². The predicted octanol–water partition coefficient (Wildman–Crippen LogP) is 4.83. The number of rotatable bonds is 9. The zero-order chi connectivity index (χ0) is 15.0. The quantitative estimate of drug-likeness (QED) is 0.502. The van der Waals surface area contributed by atoms with Crippen LogP contribution in [0.4, 0.5) is 11.4 Å². The standard InChI is InChI=1S/C17H30N2O/c1-5-6-7-8-9-14(4)19-16-10-15(18)11-17(12-16)20-13(2)3/h10-14,19H,5-9,18H2,1-4H3. The molecular weight excluding hydrogens is 248 g/mol. The first-order valence-corrected chi connectivity index (χ1v) is 7.85. The number of nitrogens with two attached hydrogens (primary N) is 1. The molecule has 0 bridgehead atoms. The fourth-order valence-electron chi connectivity index (χ4n) is 2.28. The molecule has 0 fully saturated rings. The van der Waals surface area contributed by atoms with E-state index < -0.39 is 0 Å². The molecule has 114 valence electrons. The second kappa shape index (κ2) is 8.72. The van der Waals surface area contributed by atoms with Crippen molar-refractivity contribution in [2.45, 2.75) is 71.9 Å². The van der Waals surface area contributed by atoms with Crippen LogP contribution in [0.1, 0.15) is 59.8 Å². The van der Waals surface area contributed by atoms with Gasteiger partial charge in [-0.2, -0.15) is 0 Å². The van der Waals surface area contributed by atoms with Gasteiger partial charge >= 0.3 is 0 Å². The number of nitrogens with one attached hydrogen (secondary N) is 1. The highest BCUT2D eigenvalue weighted by atomic mass is 16.5. The van der Waals surface area contributed by atoms with E-state index in [4.69, 9.17) is 10.5 Å². The van der Waals surface area contributed by atoms with Gasteiger partial charge in [-0.15, -0.1) is 0 Å². The SMILES string of the molecule is CCCCCCC(C)Nc1cc(N)cc(OC(C)C)c1. The second-order valence-electron chi connectivity index (χ2n) is 5.85. The molecular formula is C17H30N2O. The molecule has 1 atom stereocenters. The minimum Gasteiger partial charge on any atom is -0.491 e. The Bertz CT molecular complexity index is 391. The number of unbranched alkanes of at least 4 members (excludes halogenated alkanes) is 3. The predicted molar refractivity (Wildman–Crippen MR) is 88.5 cm³/mol. The number of hydrogen-bond acceptors (Lipinski definition) is 3. The van der Waals surface area contributed by atoms with E-state index in [0.29, 0.717) is 6.04 Å². The minimum absolute atomic E-state index is 0.163. The highest BCUT2D eigenvalue weighted by molar-refractivity contribution is 5.59. The third-order valence-corrected chi connectivity index (χ3v) is 3.20. The summed E-state index contributed by atoms with van der Waals surface area (Å²) in [4.78, 5) is 0. The summed E-state index contributed by atoms with van der Waals surface area (Å²) in [6, 6.07) is 6.33. The molecule has 0 aromatic heterocycles. The summed E-state index contributed by atoms with van der Waals surface area (Å²) in [6.07, 6.45) is 6.57. The van der Waals surface area contributed by atoms with Crippen molar-refractivity contribution in [3.63, 3.8) is 0 Å². The van der Waals surface area contributed by atoms with Gasteiger partial charge in [0.15, 0.2) is 0 Å². The Labute approximate surface area is 123 Å². The molecule has 0 saturated carbocycles. The summed E-state index contributed by atoms with van der Waals surface area (Å²) in [6.45, 7) is 8.50. The van der Waals surface area contributed by atoms with E-state index in [1.54, 1.807) is 0 Å². The fraction of sp³-hybridized carbons (Fsp3) is 0.647. The Morgan fingerprint density at radius 3 is 2.50 bits per heavy atom. The van der Waals surface area contributed by atoms with E-state index in [1.807, 2.05) is 32.0 Å². The van der Waals surface area contributed by atoms with Gasteiger partial charge in [-0.3, -0.25) is 0 Å². The van der Waals surface area contributed by atoms with E-state index in [1.165, 1.54) is 32.1 Å². The van der Waals surface area contributed by atoms with E-state index in [9.17, 15) is 0 Å². The summed E-state index contributed by atoms with van der Waals surface area (Å²) < 4.78 is 5.71. The molecule has 1 rings (SSSR count). The van der Waals surface area contributed by atoms with E-state index in [2.05, 4.69) is 19.2 Å². The van der Waals surface area contributed by atoms with Crippen molar-refractivity contribution in [3.05, 3.63) is 18.2 Å². The van der Waals surface area contributed by atoms with Crippen molar-refractivity contribution in [1.29, 1.82) is 0 Å². The fourth-order valence-corrected chi connectivity index (χ4v) is 2.28. The van der Waals surface area contributed by atoms with Crippen LogP contribution >= 0.6 is 0 Å². The van der Waals surface area contributed by atoms with Crippen LogP contribution in [0.3, 0.4) is 0 Å². The van der Waals surface area contributed by atoms with E-state index in [0.717, 1.165) is 17.1 Å². The number of hydrogen-bond donors (Lipinski definition) is 2. The van der Waals surface area contributed by atoms with Gasteiger partial charge < -0.3 is 15.8 Å². The summed E-state index contributed by atoms with van der Waals surface area (Å²) in [5, 5.41) is 3.51. The van der Waals surface area contributed by atoms with Crippen LogP contribution in [-0.2, 0) is 0 Å².